The van der Waals surface area contributed by atoms with E-state index in [9.17, 15) is 18.0 Å². The molecule has 0 saturated carbocycles. The SMILES string of the molecule is CCOC(=O)COc1cc(C(F)(F)F)cnc1C(N)=NO. The van der Waals surface area contributed by atoms with E-state index in [2.05, 4.69) is 14.9 Å². The minimum Gasteiger partial charge on any atom is -0.479 e. The average molecular weight is 307 g/mol. The molecule has 0 saturated heterocycles. The number of aromatic nitrogens is 1. The van der Waals surface area contributed by atoms with E-state index in [1.54, 1.807) is 6.92 Å². The van der Waals surface area contributed by atoms with Crippen LogP contribution in [0.5, 0.6) is 5.75 Å². The molecule has 0 aliphatic carbocycles. The molecular formula is C11H12F3N3O4. The molecule has 0 aliphatic rings. The lowest BCUT2D eigenvalue weighted by Gasteiger charge is -2.12. The monoisotopic (exact) mass is 307 g/mol. The van der Waals surface area contributed by atoms with Gasteiger partial charge in [-0.25, -0.2) is 9.78 Å². The number of oxime groups is 1. The van der Waals surface area contributed by atoms with Gasteiger partial charge in [-0.15, -0.1) is 0 Å². The lowest BCUT2D eigenvalue weighted by Crippen LogP contribution is -2.21. The first-order valence-electron chi connectivity index (χ1n) is 5.63. The van der Waals surface area contributed by atoms with E-state index in [4.69, 9.17) is 15.7 Å². The summed E-state index contributed by atoms with van der Waals surface area (Å²) >= 11 is 0. The van der Waals surface area contributed by atoms with Crippen LogP contribution in [0, 0.1) is 0 Å². The molecule has 0 aromatic carbocycles. The fraction of sp³-hybridized carbons (Fsp3) is 0.364. The maximum absolute atomic E-state index is 12.6. The number of rotatable bonds is 5. The van der Waals surface area contributed by atoms with Gasteiger partial charge in [-0.1, -0.05) is 5.16 Å². The lowest BCUT2D eigenvalue weighted by molar-refractivity contribution is -0.145. The van der Waals surface area contributed by atoms with Crippen LogP contribution >= 0.6 is 0 Å². The maximum Gasteiger partial charge on any atom is 0.418 e. The van der Waals surface area contributed by atoms with E-state index in [1.807, 2.05) is 0 Å². The van der Waals surface area contributed by atoms with Crippen LogP contribution in [0.25, 0.3) is 0 Å². The highest BCUT2D eigenvalue weighted by molar-refractivity contribution is 5.97. The van der Waals surface area contributed by atoms with Crippen LogP contribution in [0.1, 0.15) is 18.2 Å². The summed E-state index contributed by atoms with van der Waals surface area (Å²) in [6.07, 6.45) is -4.15. The molecule has 1 aromatic rings. The number of carbonyl (C=O) groups is 1. The Hall–Kier alpha value is -2.52. The minimum absolute atomic E-state index is 0.0934. The minimum atomic E-state index is -4.65. The van der Waals surface area contributed by atoms with E-state index in [0.29, 0.717) is 12.3 Å². The molecule has 21 heavy (non-hydrogen) atoms. The van der Waals surface area contributed by atoms with E-state index >= 15 is 0 Å². The van der Waals surface area contributed by atoms with Gasteiger partial charge < -0.3 is 20.4 Å². The lowest BCUT2D eigenvalue weighted by atomic mass is 10.2. The van der Waals surface area contributed by atoms with Gasteiger partial charge >= 0.3 is 12.1 Å². The van der Waals surface area contributed by atoms with Gasteiger partial charge in [-0.2, -0.15) is 13.2 Å². The zero-order chi connectivity index (χ0) is 16.0. The van der Waals surface area contributed by atoms with Gasteiger partial charge in [0, 0.05) is 6.20 Å². The number of ether oxygens (including phenoxy) is 2. The van der Waals surface area contributed by atoms with Crippen molar-refractivity contribution >= 4 is 11.8 Å². The molecule has 0 unspecified atom stereocenters. The van der Waals surface area contributed by atoms with E-state index in [0.717, 1.165) is 0 Å². The molecule has 0 atom stereocenters. The van der Waals surface area contributed by atoms with Crippen LogP contribution in [0.15, 0.2) is 17.4 Å². The fourth-order valence-electron chi connectivity index (χ4n) is 1.29. The van der Waals surface area contributed by atoms with Crippen LogP contribution in [-0.4, -0.2) is 35.2 Å². The second-order valence-corrected chi connectivity index (χ2v) is 3.65. The highest BCUT2D eigenvalue weighted by Crippen LogP contribution is 2.32. The van der Waals surface area contributed by atoms with Crippen molar-refractivity contribution in [2.75, 3.05) is 13.2 Å². The molecule has 0 aliphatic heterocycles. The number of nitrogens with two attached hydrogens (primary N) is 1. The van der Waals surface area contributed by atoms with E-state index in [1.165, 1.54) is 0 Å². The Morgan fingerprint density at radius 1 is 1.52 bits per heavy atom. The van der Waals surface area contributed by atoms with Crippen LogP contribution in [0.2, 0.25) is 0 Å². The van der Waals surface area contributed by atoms with Gasteiger partial charge in [-0.3, -0.25) is 0 Å². The molecule has 116 valence electrons. The molecule has 7 nitrogen and oxygen atoms in total. The summed E-state index contributed by atoms with van der Waals surface area (Å²) in [5.74, 6) is -1.78. The van der Waals surface area contributed by atoms with Crippen molar-refractivity contribution in [2.24, 2.45) is 10.9 Å². The summed E-state index contributed by atoms with van der Waals surface area (Å²) in [7, 11) is 0. The molecule has 0 amide bonds. The predicted molar refractivity (Wildman–Crippen MR) is 63.9 cm³/mol. The number of alkyl halides is 3. The molecule has 10 heteroatoms. The van der Waals surface area contributed by atoms with E-state index in [-0.39, 0.29) is 12.3 Å². The first-order chi connectivity index (χ1) is 9.79. The van der Waals surface area contributed by atoms with Gasteiger partial charge in [0.2, 0.25) is 0 Å². The number of amidine groups is 1. The van der Waals surface area contributed by atoms with Crippen molar-refractivity contribution in [2.45, 2.75) is 13.1 Å². The number of nitrogens with zero attached hydrogens (tertiary/aromatic N) is 2. The first-order valence-corrected chi connectivity index (χ1v) is 5.63. The molecule has 1 heterocycles. The molecule has 3 N–H and O–H groups in total. The number of hydrogen-bond acceptors (Lipinski definition) is 6. The summed E-state index contributed by atoms with van der Waals surface area (Å²) in [6.45, 7) is 1.02. The number of halogens is 3. The first kappa shape index (κ1) is 16.5. The van der Waals surface area contributed by atoms with Crippen LogP contribution in [0.3, 0.4) is 0 Å². The topological polar surface area (TPSA) is 107 Å². The smallest absolute Gasteiger partial charge is 0.418 e. The van der Waals surface area contributed by atoms with Crippen molar-refractivity contribution in [3.05, 3.63) is 23.5 Å². The zero-order valence-electron chi connectivity index (χ0n) is 10.8. The van der Waals surface area contributed by atoms with Crippen molar-refractivity contribution in [1.82, 2.24) is 4.98 Å². The van der Waals surface area contributed by atoms with Crippen LogP contribution in [-0.2, 0) is 15.7 Å². The number of esters is 1. The van der Waals surface area contributed by atoms with E-state index < -0.39 is 35.9 Å². The maximum atomic E-state index is 12.6. The molecule has 0 radical (unpaired) electrons. The van der Waals surface area contributed by atoms with Gasteiger partial charge in [0.1, 0.15) is 5.75 Å². The third-order valence-corrected chi connectivity index (χ3v) is 2.18. The Labute approximate surface area is 117 Å². The number of pyridine rings is 1. The fourth-order valence-corrected chi connectivity index (χ4v) is 1.29. The normalized spacial score (nSPS) is 12.1. The molecule has 1 aromatic heterocycles. The summed E-state index contributed by atoms with van der Waals surface area (Å²) in [5.41, 5.74) is 3.85. The molecule has 0 bridgehead atoms. The second kappa shape index (κ2) is 6.77. The molecule has 0 spiro atoms. The largest absolute Gasteiger partial charge is 0.479 e. The molecule has 1 rings (SSSR count). The van der Waals surface area contributed by atoms with Crippen molar-refractivity contribution < 1.29 is 32.6 Å². The average Bonchev–Trinajstić information content (AvgIpc) is 2.43. The summed E-state index contributed by atoms with van der Waals surface area (Å²) in [5, 5.41) is 11.2. The zero-order valence-corrected chi connectivity index (χ0v) is 10.8. The van der Waals surface area contributed by atoms with Gasteiger partial charge in [-0.05, 0) is 13.0 Å². The number of carbonyl (C=O) groups excluding carboxylic acids is 1. The van der Waals surface area contributed by atoms with Crippen molar-refractivity contribution in [1.29, 1.82) is 0 Å². The third kappa shape index (κ3) is 4.51. The Balaban J connectivity index is 3.08. The Bertz CT molecular complexity index is 546. The summed E-state index contributed by atoms with van der Waals surface area (Å²) < 4.78 is 47.3. The number of hydrogen-bond donors (Lipinski definition) is 2. The highest BCUT2D eigenvalue weighted by Gasteiger charge is 2.32. The molecule has 0 fully saturated rings. The predicted octanol–water partition coefficient (Wildman–Crippen LogP) is 1.14. The van der Waals surface area contributed by atoms with Gasteiger partial charge in [0.05, 0.1) is 12.2 Å². The summed E-state index contributed by atoms with van der Waals surface area (Å²) in [6, 6.07) is 0.597. The van der Waals surface area contributed by atoms with Gasteiger partial charge in [0.15, 0.2) is 18.1 Å². The summed E-state index contributed by atoms with van der Waals surface area (Å²) in [4.78, 5) is 14.6. The highest BCUT2D eigenvalue weighted by atomic mass is 19.4. The molecular weight excluding hydrogens is 295 g/mol. The Morgan fingerprint density at radius 2 is 2.19 bits per heavy atom. The van der Waals surface area contributed by atoms with Crippen LogP contribution in [0.4, 0.5) is 13.2 Å². The third-order valence-electron chi connectivity index (χ3n) is 2.18. The quantitative estimate of drug-likeness (QED) is 0.278. The van der Waals surface area contributed by atoms with Crippen molar-refractivity contribution in [3.63, 3.8) is 0 Å². The Morgan fingerprint density at radius 3 is 2.71 bits per heavy atom. The van der Waals surface area contributed by atoms with Crippen LogP contribution < -0.4 is 10.5 Å². The van der Waals surface area contributed by atoms with Gasteiger partial charge in [0.25, 0.3) is 0 Å². The van der Waals surface area contributed by atoms with Crippen molar-refractivity contribution in [3.8, 4) is 5.75 Å². The standard InChI is InChI=1S/C11H12F3N3O4/c1-2-20-8(18)5-21-7-3-6(11(12,13)14)4-16-9(7)10(15)17-19/h3-4,19H,2,5H2,1H3,(H2,15,17). The Kier molecular flexibility index (Phi) is 5.33. The second-order valence-electron chi connectivity index (χ2n) is 3.65.